The van der Waals surface area contributed by atoms with Crippen molar-refractivity contribution in [1.82, 2.24) is 0 Å². The third-order valence-electron chi connectivity index (χ3n) is 1.91. The summed E-state index contributed by atoms with van der Waals surface area (Å²) < 4.78 is 0. The van der Waals surface area contributed by atoms with Gasteiger partial charge in [0.1, 0.15) is 11.8 Å². The van der Waals surface area contributed by atoms with E-state index >= 15 is 0 Å². The zero-order valence-electron chi connectivity index (χ0n) is 8.25. The smallest absolute Gasteiger partial charge is 0.326 e. The quantitative estimate of drug-likeness (QED) is 0.550. The van der Waals surface area contributed by atoms with Gasteiger partial charge >= 0.3 is 11.9 Å². The molecule has 1 rings (SSSR count). The molecule has 86 valence electrons. The minimum atomic E-state index is -1.29. The molecule has 1 aromatic rings. The first-order valence-electron chi connectivity index (χ1n) is 4.50. The van der Waals surface area contributed by atoms with E-state index < -0.39 is 24.4 Å². The fraction of sp³-hybridized carbons (Fsp3) is 0.200. The number of nitrogens with one attached hydrogen (secondary N) is 1. The van der Waals surface area contributed by atoms with Crippen LogP contribution in [0.3, 0.4) is 0 Å². The Labute approximate surface area is 91.1 Å². The van der Waals surface area contributed by atoms with Crippen LogP contribution in [0.5, 0.6) is 5.75 Å². The van der Waals surface area contributed by atoms with Crippen molar-refractivity contribution in [3.63, 3.8) is 0 Å². The normalized spacial score (nSPS) is 11.8. The first kappa shape index (κ1) is 11.8. The van der Waals surface area contributed by atoms with Crippen molar-refractivity contribution in [3.05, 3.63) is 24.3 Å². The number of hydrogen-bond acceptors (Lipinski definition) is 4. The average Bonchev–Trinajstić information content (AvgIpc) is 2.19. The summed E-state index contributed by atoms with van der Waals surface area (Å²) in [5.41, 5.74) is 0.191. The Kier molecular flexibility index (Phi) is 3.71. The van der Waals surface area contributed by atoms with Crippen molar-refractivity contribution in [1.29, 1.82) is 0 Å². The number of anilines is 1. The standard InChI is InChI=1S/C10H11NO5/c12-8-4-2-1-3-6(8)11-7(10(15)16)5-9(13)14/h1-4,7,11-12H,5H2,(H,13,14)(H,15,16). The number of hydrogen-bond donors (Lipinski definition) is 4. The van der Waals surface area contributed by atoms with E-state index in [1.54, 1.807) is 12.1 Å². The molecule has 0 fully saturated rings. The maximum atomic E-state index is 10.7. The minimum absolute atomic E-state index is 0.126. The zero-order chi connectivity index (χ0) is 12.1. The number of carboxylic acids is 2. The molecule has 6 heteroatoms. The lowest BCUT2D eigenvalue weighted by atomic mass is 10.2. The van der Waals surface area contributed by atoms with Crippen molar-refractivity contribution in [2.75, 3.05) is 5.32 Å². The number of aliphatic carboxylic acids is 2. The van der Waals surface area contributed by atoms with E-state index in [1.165, 1.54) is 12.1 Å². The van der Waals surface area contributed by atoms with Crippen molar-refractivity contribution >= 4 is 17.6 Å². The Bertz CT molecular complexity index is 404. The van der Waals surface area contributed by atoms with Gasteiger partial charge in [0.25, 0.3) is 0 Å². The molecule has 1 unspecified atom stereocenters. The van der Waals surface area contributed by atoms with Gasteiger partial charge in [-0.25, -0.2) is 4.79 Å². The van der Waals surface area contributed by atoms with Crippen LogP contribution in [0.4, 0.5) is 5.69 Å². The van der Waals surface area contributed by atoms with Crippen molar-refractivity contribution in [3.8, 4) is 5.75 Å². The number of aromatic hydroxyl groups is 1. The second kappa shape index (κ2) is 5.01. The van der Waals surface area contributed by atoms with Gasteiger partial charge in [0, 0.05) is 0 Å². The summed E-state index contributed by atoms with van der Waals surface area (Å²) in [5.74, 6) is -2.64. The van der Waals surface area contributed by atoms with Crippen molar-refractivity contribution < 1.29 is 24.9 Å². The van der Waals surface area contributed by atoms with Gasteiger partial charge in [0.15, 0.2) is 0 Å². The Morgan fingerprint density at radius 1 is 1.25 bits per heavy atom. The minimum Gasteiger partial charge on any atom is -0.506 e. The van der Waals surface area contributed by atoms with Crippen LogP contribution in [0, 0.1) is 0 Å². The predicted molar refractivity (Wildman–Crippen MR) is 55.4 cm³/mol. The number of para-hydroxylation sites is 2. The fourth-order valence-corrected chi connectivity index (χ4v) is 1.16. The van der Waals surface area contributed by atoms with Crippen LogP contribution >= 0.6 is 0 Å². The Morgan fingerprint density at radius 2 is 1.88 bits per heavy atom. The molecule has 0 aliphatic rings. The van der Waals surface area contributed by atoms with Crippen molar-refractivity contribution in [2.45, 2.75) is 12.5 Å². The molecule has 4 N–H and O–H groups in total. The molecule has 0 aliphatic heterocycles. The zero-order valence-corrected chi connectivity index (χ0v) is 8.25. The summed E-state index contributed by atoms with van der Waals surface area (Å²) in [6.45, 7) is 0. The number of phenolic OH excluding ortho intramolecular Hbond substituents is 1. The summed E-state index contributed by atoms with van der Waals surface area (Å²) >= 11 is 0. The third-order valence-corrected chi connectivity index (χ3v) is 1.91. The summed E-state index contributed by atoms with van der Waals surface area (Å²) in [5, 5.41) is 29.1. The molecule has 0 aliphatic carbocycles. The first-order chi connectivity index (χ1) is 7.50. The highest BCUT2D eigenvalue weighted by Crippen LogP contribution is 2.22. The van der Waals surface area contributed by atoms with Crippen LogP contribution in [0.1, 0.15) is 6.42 Å². The van der Waals surface area contributed by atoms with E-state index in [0.29, 0.717) is 0 Å². The number of rotatable bonds is 5. The van der Waals surface area contributed by atoms with E-state index in [1.807, 2.05) is 0 Å². The Hall–Kier alpha value is -2.24. The molecule has 6 nitrogen and oxygen atoms in total. The molecule has 0 radical (unpaired) electrons. The van der Waals surface area contributed by atoms with E-state index in [-0.39, 0.29) is 11.4 Å². The molecule has 1 atom stereocenters. The van der Waals surface area contributed by atoms with Gasteiger partial charge in [-0.1, -0.05) is 12.1 Å². The molecule has 0 heterocycles. The second-order valence-electron chi connectivity index (χ2n) is 3.15. The van der Waals surface area contributed by atoms with Gasteiger partial charge in [0.05, 0.1) is 12.1 Å². The Morgan fingerprint density at radius 3 is 2.38 bits per heavy atom. The monoisotopic (exact) mass is 225 g/mol. The maximum Gasteiger partial charge on any atom is 0.326 e. The van der Waals surface area contributed by atoms with Gasteiger partial charge in [-0.15, -0.1) is 0 Å². The van der Waals surface area contributed by atoms with E-state index in [2.05, 4.69) is 5.32 Å². The van der Waals surface area contributed by atoms with Gasteiger partial charge < -0.3 is 20.6 Å². The van der Waals surface area contributed by atoms with Gasteiger partial charge in [-0.3, -0.25) is 4.79 Å². The molecular weight excluding hydrogens is 214 g/mol. The largest absolute Gasteiger partial charge is 0.506 e. The average molecular weight is 225 g/mol. The van der Waals surface area contributed by atoms with Crippen LogP contribution in [0.15, 0.2) is 24.3 Å². The number of carbonyl (C=O) groups is 2. The van der Waals surface area contributed by atoms with E-state index in [9.17, 15) is 14.7 Å². The molecule has 0 aromatic heterocycles. The Balaban J connectivity index is 2.80. The first-order valence-corrected chi connectivity index (χ1v) is 4.50. The fourth-order valence-electron chi connectivity index (χ4n) is 1.16. The third kappa shape index (κ3) is 3.16. The summed E-state index contributed by atoms with van der Waals surface area (Å²) in [6.07, 6.45) is -0.566. The molecule has 0 amide bonds. The van der Waals surface area contributed by atoms with Gasteiger partial charge in [-0.2, -0.15) is 0 Å². The van der Waals surface area contributed by atoms with Gasteiger partial charge in [-0.05, 0) is 12.1 Å². The van der Waals surface area contributed by atoms with Gasteiger partial charge in [0.2, 0.25) is 0 Å². The molecular formula is C10H11NO5. The van der Waals surface area contributed by atoms with Crippen LogP contribution < -0.4 is 5.32 Å². The lowest BCUT2D eigenvalue weighted by molar-refractivity contribution is -0.144. The highest BCUT2D eigenvalue weighted by Gasteiger charge is 2.21. The van der Waals surface area contributed by atoms with Crippen LogP contribution in [-0.4, -0.2) is 33.3 Å². The summed E-state index contributed by atoms with van der Waals surface area (Å²) in [4.78, 5) is 21.2. The maximum absolute atomic E-state index is 10.7. The van der Waals surface area contributed by atoms with E-state index in [0.717, 1.165) is 0 Å². The number of carboxylic acid groups (broad SMARTS) is 2. The number of phenols is 1. The molecule has 0 saturated carbocycles. The second-order valence-corrected chi connectivity index (χ2v) is 3.15. The molecule has 0 bridgehead atoms. The van der Waals surface area contributed by atoms with Crippen molar-refractivity contribution in [2.24, 2.45) is 0 Å². The summed E-state index contributed by atoms with van der Waals surface area (Å²) in [7, 11) is 0. The highest BCUT2D eigenvalue weighted by atomic mass is 16.4. The lowest BCUT2D eigenvalue weighted by Gasteiger charge is -2.14. The number of benzene rings is 1. The summed E-state index contributed by atoms with van der Waals surface area (Å²) in [6, 6.07) is 4.75. The van der Waals surface area contributed by atoms with E-state index in [4.69, 9.17) is 10.2 Å². The van der Waals surface area contributed by atoms with Crippen LogP contribution in [-0.2, 0) is 9.59 Å². The predicted octanol–water partition coefficient (Wildman–Crippen LogP) is 0.732. The molecule has 16 heavy (non-hydrogen) atoms. The SMILES string of the molecule is O=C(O)CC(Nc1ccccc1O)C(=O)O. The highest BCUT2D eigenvalue weighted by molar-refractivity contribution is 5.83. The molecule has 0 spiro atoms. The molecule has 0 saturated heterocycles. The molecule has 1 aromatic carbocycles. The van der Waals surface area contributed by atoms with Crippen LogP contribution in [0.2, 0.25) is 0 Å². The topological polar surface area (TPSA) is 107 Å². The lowest BCUT2D eigenvalue weighted by Crippen LogP contribution is -2.31. The van der Waals surface area contributed by atoms with Crippen LogP contribution in [0.25, 0.3) is 0 Å².